The van der Waals surface area contributed by atoms with Crippen LogP contribution in [0.15, 0.2) is 46.9 Å². The van der Waals surface area contributed by atoms with Gasteiger partial charge >= 0.3 is 5.97 Å². The fraction of sp³-hybridized carbons (Fsp3) is 0.316. The Morgan fingerprint density at radius 1 is 1.04 bits per heavy atom. The zero-order chi connectivity index (χ0) is 17.4. The minimum Gasteiger partial charge on any atom is -0.490 e. The first-order valence-corrected chi connectivity index (χ1v) is 8.72. The molecule has 0 saturated carbocycles. The van der Waals surface area contributed by atoms with Gasteiger partial charge in [-0.2, -0.15) is 0 Å². The Hall–Kier alpha value is -2.01. The third kappa shape index (κ3) is 5.89. The molecule has 128 valence electrons. The molecule has 2 aromatic carbocycles. The Morgan fingerprint density at radius 3 is 2.33 bits per heavy atom. The van der Waals surface area contributed by atoms with Gasteiger partial charge in [-0.3, -0.25) is 4.79 Å². The molecule has 0 aliphatic carbocycles. The molecule has 0 aliphatic rings. The largest absolute Gasteiger partial charge is 0.490 e. The number of benzene rings is 2. The van der Waals surface area contributed by atoms with E-state index in [9.17, 15) is 4.79 Å². The van der Waals surface area contributed by atoms with Crippen molar-refractivity contribution in [3.05, 3.63) is 58.1 Å². The minimum atomic E-state index is -0.796. The molecular weight excluding hydrogens is 372 g/mol. The summed E-state index contributed by atoms with van der Waals surface area (Å²) in [6.07, 6.45) is 1.64. The van der Waals surface area contributed by atoms with Crippen LogP contribution in [-0.2, 0) is 17.6 Å². The van der Waals surface area contributed by atoms with Gasteiger partial charge in [0.25, 0.3) is 0 Å². The van der Waals surface area contributed by atoms with E-state index >= 15 is 0 Å². The van der Waals surface area contributed by atoms with E-state index < -0.39 is 5.97 Å². The van der Waals surface area contributed by atoms with E-state index in [0.717, 1.165) is 28.0 Å². The number of hydrogen-bond acceptors (Lipinski definition) is 3. The molecule has 4 nitrogen and oxygen atoms in total. The molecule has 0 spiro atoms. The minimum absolute atomic E-state index is 0.122. The maximum atomic E-state index is 10.6. The number of carboxylic acids is 1. The SMILES string of the molecule is CCc1ccc(OCCOc2ccc(CCC(=O)O)cc2Br)cc1. The van der Waals surface area contributed by atoms with Crippen LogP contribution in [-0.4, -0.2) is 24.3 Å². The van der Waals surface area contributed by atoms with Crippen molar-refractivity contribution in [3.8, 4) is 11.5 Å². The van der Waals surface area contributed by atoms with E-state index in [4.69, 9.17) is 14.6 Å². The van der Waals surface area contributed by atoms with Crippen molar-refractivity contribution >= 4 is 21.9 Å². The normalized spacial score (nSPS) is 10.4. The van der Waals surface area contributed by atoms with Crippen LogP contribution in [0.2, 0.25) is 0 Å². The zero-order valence-electron chi connectivity index (χ0n) is 13.6. The lowest BCUT2D eigenvalue weighted by molar-refractivity contribution is -0.136. The van der Waals surface area contributed by atoms with Gasteiger partial charge in [0.15, 0.2) is 0 Å². The summed E-state index contributed by atoms with van der Waals surface area (Å²) < 4.78 is 12.2. The topological polar surface area (TPSA) is 55.8 Å². The number of carboxylic acid groups (broad SMARTS) is 1. The molecule has 0 amide bonds. The molecular formula is C19H21BrO4. The van der Waals surface area contributed by atoms with Gasteiger partial charge in [-0.1, -0.05) is 25.1 Å². The van der Waals surface area contributed by atoms with Crippen molar-refractivity contribution in [3.63, 3.8) is 0 Å². The van der Waals surface area contributed by atoms with Crippen molar-refractivity contribution in [2.75, 3.05) is 13.2 Å². The molecule has 24 heavy (non-hydrogen) atoms. The monoisotopic (exact) mass is 392 g/mol. The highest BCUT2D eigenvalue weighted by Gasteiger charge is 2.05. The summed E-state index contributed by atoms with van der Waals surface area (Å²) in [6, 6.07) is 13.7. The van der Waals surface area contributed by atoms with Gasteiger partial charge in [0.1, 0.15) is 24.7 Å². The van der Waals surface area contributed by atoms with Crippen LogP contribution in [0.1, 0.15) is 24.5 Å². The second-order valence-electron chi connectivity index (χ2n) is 5.35. The summed E-state index contributed by atoms with van der Waals surface area (Å²) in [5.74, 6) is 0.758. The summed E-state index contributed by atoms with van der Waals surface area (Å²) in [6.45, 7) is 3.01. The van der Waals surface area contributed by atoms with Crippen LogP contribution in [0, 0.1) is 0 Å². The number of aryl methyl sites for hydroxylation is 2. The third-order valence-corrected chi connectivity index (χ3v) is 4.18. The first kappa shape index (κ1) is 18.3. The van der Waals surface area contributed by atoms with Gasteiger partial charge in [-0.05, 0) is 64.2 Å². The highest BCUT2D eigenvalue weighted by atomic mass is 79.9. The van der Waals surface area contributed by atoms with E-state index in [0.29, 0.717) is 19.6 Å². The highest BCUT2D eigenvalue weighted by molar-refractivity contribution is 9.10. The molecule has 0 saturated heterocycles. The van der Waals surface area contributed by atoms with Crippen LogP contribution in [0.25, 0.3) is 0 Å². The molecule has 0 heterocycles. The number of carbonyl (C=O) groups is 1. The van der Waals surface area contributed by atoms with E-state index in [2.05, 4.69) is 35.0 Å². The molecule has 0 unspecified atom stereocenters. The first-order chi connectivity index (χ1) is 11.6. The van der Waals surface area contributed by atoms with Crippen LogP contribution < -0.4 is 9.47 Å². The summed E-state index contributed by atoms with van der Waals surface area (Å²) in [4.78, 5) is 10.6. The smallest absolute Gasteiger partial charge is 0.303 e. The maximum absolute atomic E-state index is 10.6. The molecule has 2 aromatic rings. The van der Waals surface area contributed by atoms with E-state index in [1.54, 1.807) is 0 Å². The van der Waals surface area contributed by atoms with Gasteiger partial charge in [0.2, 0.25) is 0 Å². The van der Waals surface area contributed by atoms with Crippen LogP contribution >= 0.6 is 15.9 Å². The van der Waals surface area contributed by atoms with Gasteiger partial charge < -0.3 is 14.6 Å². The number of ether oxygens (including phenoxy) is 2. The van der Waals surface area contributed by atoms with Gasteiger partial charge in [0.05, 0.1) is 4.47 Å². The quantitative estimate of drug-likeness (QED) is 0.638. The summed E-state index contributed by atoms with van der Waals surface area (Å²) in [5.41, 5.74) is 2.24. The summed E-state index contributed by atoms with van der Waals surface area (Å²) >= 11 is 3.45. The van der Waals surface area contributed by atoms with E-state index in [-0.39, 0.29) is 6.42 Å². The fourth-order valence-corrected chi connectivity index (χ4v) is 2.74. The Balaban J connectivity index is 1.78. The number of aliphatic carboxylic acids is 1. The Morgan fingerprint density at radius 2 is 1.71 bits per heavy atom. The average Bonchev–Trinajstić information content (AvgIpc) is 2.58. The molecule has 0 atom stereocenters. The predicted molar refractivity (Wildman–Crippen MR) is 96.9 cm³/mol. The summed E-state index contributed by atoms with van der Waals surface area (Å²) in [5, 5.41) is 8.71. The van der Waals surface area contributed by atoms with Gasteiger partial charge in [-0.15, -0.1) is 0 Å². The molecule has 0 radical (unpaired) electrons. The molecule has 0 bridgehead atoms. The van der Waals surface area contributed by atoms with E-state index in [1.807, 2.05) is 30.3 Å². The maximum Gasteiger partial charge on any atom is 0.303 e. The van der Waals surface area contributed by atoms with Crippen molar-refractivity contribution in [2.24, 2.45) is 0 Å². The first-order valence-electron chi connectivity index (χ1n) is 7.93. The van der Waals surface area contributed by atoms with Gasteiger partial charge in [0, 0.05) is 6.42 Å². The summed E-state index contributed by atoms with van der Waals surface area (Å²) in [7, 11) is 0. The third-order valence-electron chi connectivity index (χ3n) is 3.57. The van der Waals surface area contributed by atoms with Gasteiger partial charge in [-0.25, -0.2) is 0 Å². The Kier molecular flexibility index (Phi) is 7.12. The zero-order valence-corrected chi connectivity index (χ0v) is 15.2. The lowest BCUT2D eigenvalue weighted by Crippen LogP contribution is -2.09. The van der Waals surface area contributed by atoms with Crippen molar-refractivity contribution in [1.29, 1.82) is 0 Å². The molecule has 0 fully saturated rings. The van der Waals surface area contributed by atoms with Crippen LogP contribution in [0.5, 0.6) is 11.5 Å². The molecule has 2 rings (SSSR count). The predicted octanol–water partition coefficient (Wildman–Crippen LogP) is 4.49. The molecule has 0 aliphatic heterocycles. The average molecular weight is 393 g/mol. The molecule has 0 aromatic heterocycles. The van der Waals surface area contributed by atoms with Crippen LogP contribution in [0.3, 0.4) is 0 Å². The highest BCUT2D eigenvalue weighted by Crippen LogP contribution is 2.26. The van der Waals surface area contributed by atoms with Crippen LogP contribution in [0.4, 0.5) is 0 Å². The molecule has 1 N–H and O–H groups in total. The Bertz CT molecular complexity index is 668. The molecule has 5 heteroatoms. The van der Waals surface area contributed by atoms with Crippen molar-refractivity contribution in [2.45, 2.75) is 26.2 Å². The second kappa shape index (κ2) is 9.33. The lowest BCUT2D eigenvalue weighted by Gasteiger charge is -2.11. The lowest BCUT2D eigenvalue weighted by atomic mass is 10.1. The van der Waals surface area contributed by atoms with Crippen molar-refractivity contribution < 1.29 is 19.4 Å². The fourth-order valence-electron chi connectivity index (χ4n) is 2.20. The number of rotatable bonds is 9. The number of halogens is 1. The Labute approximate surface area is 150 Å². The standard InChI is InChI=1S/C19H21BrO4/c1-2-14-3-7-16(8-4-14)23-11-12-24-18-9-5-15(13-17(18)20)6-10-19(21)22/h3-5,7-9,13H,2,6,10-12H2,1H3,(H,21,22). The van der Waals surface area contributed by atoms with Crippen molar-refractivity contribution in [1.82, 2.24) is 0 Å². The number of hydrogen-bond donors (Lipinski definition) is 1. The van der Waals surface area contributed by atoms with E-state index in [1.165, 1.54) is 5.56 Å². The second-order valence-corrected chi connectivity index (χ2v) is 6.21.